The van der Waals surface area contributed by atoms with Crippen LogP contribution in [0.15, 0.2) is 47.4 Å². The SMILES string of the molecule is Cc1ccccc1CCNC1CCSc2ccc(Cl)cc21. The number of aryl methyl sites for hydroxylation is 1. The summed E-state index contributed by atoms with van der Waals surface area (Å²) in [4.78, 5) is 1.37. The second-order valence-corrected chi connectivity index (χ2v) is 7.08. The smallest absolute Gasteiger partial charge is 0.0410 e. The van der Waals surface area contributed by atoms with Gasteiger partial charge in [0.1, 0.15) is 0 Å². The van der Waals surface area contributed by atoms with Crippen LogP contribution in [0.5, 0.6) is 0 Å². The van der Waals surface area contributed by atoms with Gasteiger partial charge >= 0.3 is 0 Å². The lowest BCUT2D eigenvalue weighted by atomic mass is 10.0. The maximum Gasteiger partial charge on any atom is 0.0410 e. The van der Waals surface area contributed by atoms with Crippen molar-refractivity contribution in [3.05, 3.63) is 64.2 Å². The van der Waals surface area contributed by atoms with Crippen molar-refractivity contribution in [3.63, 3.8) is 0 Å². The van der Waals surface area contributed by atoms with E-state index < -0.39 is 0 Å². The van der Waals surface area contributed by atoms with Crippen molar-refractivity contribution < 1.29 is 0 Å². The molecule has 0 fully saturated rings. The molecule has 1 N–H and O–H groups in total. The molecule has 0 aromatic heterocycles. The maximum atomic E-state index is 6.16. The Labute approximate surface area is 136 Å². The highest BCUT2D eigenvalue weighted by molar-refractivity contribution is 7.99. The zero-order chi connectivity index (χ0) is 14.7. The third-order valence-electron chi connectivity index (χ3n) is 4.06. The molecule has 0 bridgehead atoms. The van der Waals surface area contributed by atoms with Gasteiger partial charge in [-0.05, 0) is 67.0 Å². The fourth-order valence-electron chi connectivity index (χ4n) is 2.85. The molecule has 0 aliphatic carbocycles. The van der Waals surface area contributed by atoms with Gasteiger partial charge < -0.3 is 5.32 Å². The fraction of sp³-hybridized carbons (Fsp3) is 0.333. The predicted octanol–water partition coefficient (Wildman–Crippen LogP) is 5.02. The number of hydrogen-bond acceptors (Lipinski definition) is 2. The standard InChI is InChI=1S/C18H20ClNS/c1-13-4-2-3-5-14(13)8-10-20-17-9-11-21-18-7-6-15(19)12-16(17)18/h2-7,12,17,20H,8-11H2,1H3. The molecule has 0 spiro atoms. The molecule has 1 heterocycles. The van der Waals surface area contributed by atoms with E-state index in [0.717, 1.165) is 18.0 Å². The number of benzene rings is 2. The molecule has 1 atom stereocenters. The normalized spacial score (nSPS) is 17.5. The van der Waals surface area contributed by atoms with Gasteiger partial charge in [-0.3, -0.25) is 0 Å². The first kappa shape index (κ1) is 15.0. The van der Waals surface area contributed by atoms with Crippen LogP contribution in [0.4, 0.5) is 0 Å². The van der Waals surface area contributed by atoms with Crippen LogP contribution in [0.2, 0.25) is 5.02 Å². The molecule has 2 aromatic carbocycles. The van der Waals surface area contributed by atoms with Crippen LogP contribution in [0, 0.1) is 6.92 Å². The average molecular weight is 318 g/mol. The van der Waals surface area contributed by atoms with Gasteiger partial charge in [-0.1, -0.05) is 35.9 Å². The van der Waals surface area contributed by atoms with Crippen LogP contribution < -0.4 is 5.32 Å². The number of nitrogens with one attached hydrogen (secondary N) is 1. The minimum Gasteiger partial charge on any atom is -0.310 e. The molecule has 21 heavy (non-hydrogen) atoms. The lowest BCUT2D eigenvalue weighted by Gasteiger charge is -2.26. The number of halogens is 1. The molecular formula is C18H20ClNS. The number of rotatable bonds is 4. The summed E-state index contributed by atoms with van der Waals surface area (Å²) in [5.74, 6) is 1.18. The van der Waals surface area contributed by atoms with Crippen molar-refractivity contribution in [3.8, 4) is 0 Å². The molecule has 3 heteroatoms. The molecule has 0 saturated heterocycles. The summed E-state index contributed by atoms with van der Waals surface area (Å²) in [6.45, 7) is 3.19. The molecule has 3 rings (SSSR count). The molecule has 0 radical (unpaired) electrons. The van der Waals surface area contributed by atoms with E-state index in [1.807, 2.05) is 17.8 Å². The summed E-state index contributed by atoms with van der Waals surface area (Å²) in [7, 11) is 0. The van der Waals surface area contributed by atoms with E-state index in [-0.39, 0.29) is 0 Å². The number of hydrogen-bond donors (Lipinski definition) is 1. The van der Waals surface area contributed by atoms with Crippen molar-refractivity contribution >= 4 is 23.4 Å². The van der Waals surface area contributed by atoms with E-state index in [1.54, 1.807) is 0 Å². The van der Waals surface area contributed by atoms with Crippen molar-refractivity contribution in [2.45, 2.75) is 30.7 Å². The molecule has 1 unspecified atom stereocenters. The summed E-state index contributed by atoms with van der Waals surface area (Å²) in [6, 6.07) is 15.3. The van der Waals surface area contributed by atoms with E-state index >= 15 is 0 Å². The zero-order valence-corrected chi connectivity index (χ0v) is 13.8. The van der Waals surface area contributed by atoms with Gasteiger partial charge in [-0.15, -0.1) is 11.8 Å². The number of thioether (sulfide) groups is 1. The Morgan fingerprint density at radius 2 is 2.10 bits per heavy atom. The summed E-state index contributed by atoms with van der Waals surface area (Å²) < 4.78 is 0. The van der Waals surface area contributed by atoms with Gasteiger partial charge in [0.2, 0.25) is 0 Å². The Balaban J connectivity index is 1.65. The van der Waals surface area contributed by atoms with Crippen molar-refractivity contribution in [2.75, 3.05) is 12.3 Å². The summed E-state index contributed by atoms with van der Waals surface area (Å²) in [5, 5.41) is 4.54. The lowest BCUT2D eigenvalue weighted by molar-refractivity contribution is 0.513. The lowest BCUT2D eigenvalue weighted by Crippen LogP contribution is -2.26. The van der Waals surface area contributed by atoms with Crippen LogP contribution in [0.3, 0.4) is 0 Å². The minimum atomic E-state index is 0.434. The van der Waals surface area contributed by atoms with Gasteiger partial charge in [0.15, 0.2) is 0 Å². The summed E-state index contributed by atoms with van der Waals surface area (Å²) in [6.07, 6.45) is 2.25. The molecule has 1 aliphatic rings. The largest absolute Gasteiger partial charge is 0.310 e. The van der Waals surface area contributed by atoms with Crippen LogP contribution in [-0.4, -0.2) is 12.3 Å². The van der Waals surface area contributed by atoms with Gasteiger partial charge in [-0.25, -0.2) is 0 Å². The monoisotopic (exact) mass is 317 g/mol. The molecule has 0 amide bonds. The predicted molar refractivity (Wildman–Crippen MR) is 92.4 cm³/mol. The summed E-state index contributed by atoms with van der Waals surface area (Å²) in [5.41, 5.74) is 4.17. The first-order valence-electron chi connectivity index (χ1n) is 7.44. The zero-order valence-electron chi connectivity index (χ0n) is 12.2. The molecule has 1 nitrogen and oxygen atoms in total. The third kappa shape index (κ3) is 3.63. The van der Waals surface area contributed by atoms with Gasteiger partial charge in [-0.2, -0.15) is 0 Å². The average Bonchev–Trinajstić information content (AvgIpc) is 2.49. The molecule has 1 aliphatic heterocycles. The molecule has 2 aromatic rings. The van der Waals surface area contributed by atoms with E-state index in [9.17, 15) is 0 Å². The van der Waals surface area contributed by atoms with Crippen LogP contribution in [0.25, 0.3) is 0 Å². The third-order valence-corrected chi connectivity index (χ3v) is 5.42. The second-order valence-electron chi connectivity index (χ2n) is 5.50. The molecular weight excluding hydrogens is 298 g/mol. The van der Waals surface area contributed by atoms with Crippen molar-refractivity contribution in [1.29, 1.82) is 0 Å². The quantitative estimate of drug-likeness (QED) is 0.850. The van der Waals surface area contributed by atoms with Crippen LogP contribution >= 0.6 is 23.4 Å². The first-order chi connectivity index (χ1) is 10.2. The fourth-order valence-corrected chi connectivity index (χ4v) is 4.14. The highest BCUT2D eigenvalue weighted by Gasteiger charge is 2.20. The molecule has 110 valence electrons. The summed E-state index contributed by atoms with van der Waals surface area (Å²) >= 11 is 8.09. The topological polar surface area (TPSA) is 12.0 Å². The number of fused-ring (bicyclic) bond motifs is 1. The Morgan fingerprint density at radius 3 is 2.95 bits per heavy atom. The van der Waals surface area contributed by atoms with Crippen LogP contribution in [-0.2, 0) is 6.42 Å². The Morgan fingerprint density at radius 1 is 1.24 bits per heavy atom. The molecule has 0 saturated carbocycles. The van der Waals surface area contributed by atoms with Crippen LogP contribution in [0.1, 0.15) is 29.2 Å². The van der Waals surface area contributed by atoms with Crippen molar-refractivity contribution in [2.24, 2.45) is 0 Å². The van der Waals surface area contributed by atoms with Crippen molar-refractivity contribution in [1.82, 2.24) is 5.32 Å². The van der Waals surface area contributed by atoms with Gasteiger partial charge in [0.05, 0.1) is 0 Å². The Bertz CT molecular complexity index is 626. The van der Waals surface area contributed by atoms with E-state index in [2.05, 4.69) is 48.6 Å². The minimum absolute atomic E-state index is 0.434. The van der Waals surface area contributed by atoms with E-state index in [0.29, 0.717) is 6.04 Å². The Hall–Kier alpha value is -0.960. The first-order valence-corrected chi connectivity index (χ1v) is 8.80. The van der Waals surface area contributed by atoms with Gasteiger partial charge in [0.25, 0.3) is 0 Å². The maximum absolute atomic E-state index is 6.16. The van der Waals surface area contributed by atoms with E-state index in [1.165, 1.54) is 33.8 Å². The van der Waals surface area contributed by atoms with Gasteiger partial charge in [0, 0.05) is 16.0 Å². The highest BCUT2D eigenvalue weighted by Crippen LogP contribution is 2.37. The highest BCUT2D eigenvalue weighted by atomic mass is 35.5. The van der Waals surface area contributed by atoms with E-state index in [4.69, 9.17) is 11.6 Å². The second kappa shape index (κ2) is 6.87. The Kier molecular flexibility index (Phi) is 4.89.